The number of hydrogen-bond donors (Lipinski definition) is 1. The van der Waals surface area contributed by atoms with Crippen molar-refractivity contribution in [2.75, 3.05) is 6.61 Å². The first-order valence-corrected chi connectivity index (χ1v) is 6.25. The van der Waals surface area contributed by atoms with Gasteiger partial charge in [-0.05, 0) is 35.7 Å². The van der Waals surface area contributed by atoms with Crippen molar-refractivity contribution in [3.8, 4) is 16.9 Å². The second-order valence-electron chi connectivity index (χ2n) is 4.79. The zero-order valence-electron chi connectivity index (χ0n) is 10.6. The number of para-hydroxylation sites is 1. The molecule has 1 aliphatic rings. The Labute approximate surface area is 111 Å². The fourth-order valence-electron chi connectivity index (χ4n) is 2.50. The van der Waals surface area contributed by atoms with E-state index in [9.17, 15) is 4.79 Å². The van der Waals surface area contributed by atoms with Crippen LogP contribution in [0.1, 0.15) is 21.5 Å². The lowest BCUT2D eigenvalue weighted by molar-refractivity contribution is 0.0697. The molecule has 2 aromatic carbocycles. The number of aromatic carboxylic acids is 1. The summed E-state index contributed by atoms with van der Waals surface area (Å²) in [4.78, 5) is 11.1. The Morgan fingerprint density at radius 3 is 2.89 bits per heavy atom. The smallest absolute Gasteiger partial charge is 0.335 e. The number of hydrogen-bond acceptors (Lipinski definition) is 2. The molecule has 0 unspecified atom stereocenters. The molecule has 1 heterocycles. The van der Waals surface area contributed by atoms with Gasteiger partial charge in [0.2, 0.25) is 0 Å². The molecule has 0 aliphatic carbocycles. The first-order valence-electron chi connectivity index (χ1n) is 6.25. The molecule has 0 bridgehead atoms. The molecule has 19 heavy (non-hydrogen) atoms. The number of fused-ring (bicyclic) bond motifs is 1. The molecule has 0 atom stereocenters. The zero-order chi connectivity index (χ0) is 13.4. The Morgan fingerprint density at radius 1 is 1.26 bits per heavy atom. The number of ether oxygens (including phenoxy) is 1. The molecule has 0 radical (unpaired) electrons. The summed E-state index contributed by atoms with van der Waals surface area (Å²) in [5.74, 6) is -0.0112. The average molecular weight is 254 g/mol. The highest BCUT2D eigenvalue weighted by Crippen LogP contribution is 2.37. The average Bonchev–Trinajstić information content (AvgIpc) is 2.85. The molecule has 3 rings (SSSR count). The number of rotatable bonds is 2. The van der Waals surface area contributed by atoms with Crippen LogP contribution in [-0.2, 0) is 6.42 Å². The minimum Gasteiger partial charge on any atom is -0.492 e. The van der Waals surface area contributed by atoms with Gasteiger partial charge in [0.25, 0.3) is 0 Å². The van der Waals surface area contributed by atoms with Gasteiger partial charge in [-0.1, -0.05) is 24.3 Å². The van der Waals surface area contributed by atoms with Crippen molar-refractivity contribution in [1.29, 1.82) is 0 Å². The van der Waals surface area contributed by atoms with Crippen molar-refractivity contribution in [1.82, 2.24) is 0 Å². The molecule has 2 aromatic rings. The third kappa shape index (κ3) is 2.08. The summed E-state index contributed by atoms with van der Waals surface area (Å²) in [6.07, 6.45) is 0.917. The van der Waals surface area contributed by atoms with Gasteiger partial charge in [-0.25, -0.2) is 4.79 Å². The normalized spacial score (nSPS) is 12.9. The predicted octanol–water partition coefficient (Wildman–Crippen LogP) is 3.30. The number of carbonyl (C=O) groups is 1. The summed E-state index contributed by atoms with van der Waals surface area (Å²) in [6, 6.07) is 11.4. The van der Waals surface area contributed by atoms with Crippen molar-refractivity contribution in [3.63, 3.8) is 0 Å². The van der Waals surface area contributed by atoms with Gasteiger partial charge in [0.05, 0.1) is 12.2 Å². The van der Waals surface area contributed by atoms with Crippen LogP contribution >= 0.6 is 0 Å². The van der Waals surface area contributed by atoms with Crippen LogP contribution in [0.4, 0.5) is 0 Å². The van der Waals surface area contributed by atoms with Crippen LogP contribution in [0, 0.1) is 6.92 Å². The van der Waals surface area contributed by atoms with E-state index in [-0.39, 0.29) is 0 Å². The number of carboxylic acids is 1. The Bertz CT molecular complexity index is 659. The standard InChI is InChI=1S/C16H14O3/c1-10-7-12(9-13(8-10)16(17)18)14-4-2-3-11-5-6-19-15(11)14/h2-4,7-9H,5-6H2,1H3,(H,17,18). The summed E-state index contributed by atoms with van der Waals surface area (Å²) in [5.41, 5.74) is 4.31. The quantitative estimate of drug-likeness (QED) is 0.894. The Kier molecular flexibility index (Phi) is 2.75. The lowest BCUT2D eigenvalue weighted by Gasteiger charge is -2.10. The molecule has 0 saturated carbocycles. The van der Waals surface area contributed by atoms with Crippen molar-refractivity contribution in [3.05, 3.63) is 53.1 Å². The molecule has 0 saturated heterocycles. The van der Waals surface area contributed by atoms with Gasteiger partial charge < -0.3 is 9.84 Å². The van der Waals surface area contributed by atoms with Gasteiger partial charge in [0.15, 0.2) is 0 Å². The van der Waals surface area contributed by atoms with Crippen LogP contribution in [-0.4, -0.2) is 17.7 Å². The van der Waals surface area contributed by atoms with Gasteiger partial charge >= 0.3 is 5.97 Å². The minimum atomic E-state index is -0.904. The number of carboxylic acid groups (broad SMARTS) is 1. The molecular weight excluding hydrogens is 240 g/mol. The fraction of sp³-hybridized carbons (Fsp3) is 0.188. The van der Waals surface area contributed by atoms with E-state index in [0.717, 1.165) is 28.9 Å². The van der Waals surface area contributed by atoms with Crippen LogP contribution < -0.4 is 4.74 Å². The van der Waals surface area contributed by atoms with E-state index in [0.29, 0.717) is 12.2 Å². The summed E-state index contributed by atoms with van der Waals surface area (Å²) in [5, 5.41) is 9.14. The Hall–Kier alpha value is -2.29. The van der Waals surface area contributed by atoms with Crippen molar-refractivity contribution >= 4 is 5.97 Å². The van der Waals surface area contributed by atoms with Crippen molar-refractivity contribution in [2.45, 2.75) is 13.3 Å². The van der Waals surface area contributed by atoms with Gasteiger partial charge in [0.1, 0.15) is 5.75 Å². The molecule has 0 aromatic heterocycles. The Balaban J connectivity index is 2.17. The van der Waals surface area contributed by atoms with Gasteiger partial charge in [-0.3, -0.25) is 0 Å². The summed E-state index contributed by atoms with van der Waals surface area (Å²) in [6.45, 7) is 2.60. The maximum Gasteiger partial charge on any atom is 0.335 e. The largest absolute Gasteiger partial charge is 0.492 e. The molecule has 0 spiro atoms. The van der Waals surface area contributed by atoms with E-state index in [1.54, 1.807) is 12.1 Å². The van der Waals surface area contributed by atoms with Crippen LogP contribution in [0.25, 0.3) is 11.1 Å². The van der Waals surface area contributed by atoms with Gasteiger partial charge in [-0.15, -0.1) is 0 Å². The summed E-state index contributed by atoms with van der Waals surface area (Å²) < 4.78 is 5.68. The lowest BCUT2D eigenvalue weighted by atomic mass is 9.97. The second kappa shape index (κ2) is 4.43. The second-order valence-corrected chi connectivity index (χ2v) is 4.79. The lowest BCUT2D eigenvalue weighted by Crippen LogP contribution is -1.98. The molecular formula is C16H14O3. The SMILES string of the molecule is Cc1cc(C(=O)O)cc(-c2cccc3c2OCC3)c1. The minimum absolute atomic E-state index is 0.311. The van der Waals surface area contributed by atoms with Crippen LogP contribution in [0.3, 0.4) is 0 Å². The molecule has 1 N–H and O–H groups in total. The number of benzene rings is 2. The zero-order valence-corrected chi connectivity index (χ0v) is 10.6. The van der Waals surface area contributed by atoms with E-state index in [1.807, 2.05) is 25.1 Å². The third-order valence-corrected chi connectivity index (χ3v) is 3.35. The topological polar surface area (TPSA) is 46.5 Å². The maximum atomic E-state index is 11.1. The molecule has 1 aliphatic heterocycles. The van der Waals surface area contributed by atoms with Crippen molar-refractivity contribution in [2.24, 2.45) is 0 Å². The number of aryl methyl sites for hydroxylation is 1. The van der Waals surface area contributed by atoms with Gasteiger partial charge in [0, 0.05) is 12.0 Å². The molecule has 96 valence electrons. The highest BCUT2D eigenvalue weighted by Gasteiger charge is 2.17. The first kappa shape index (κ1) is 11.8. The van der Waals surface area contributed by atoms with Crippen molar-refractivity contribution < 1.29 is 14.6 Å². The van der Waals surface area contributed by atoms with E-state index >= 15 is 0 Å². The summed E-state index contributed by atoms with van der Waals surface area (Å²) >= 11 is 0. The molecule has 0 amide bonds. The fourth-order valence-corrected chi connectivity index (χ4v) is 2.50. The maximum absolute atomic E-state index is 11.1. The van der Waals surface area contributed by atoms with E-state index in [2.05, 4.69) is 6.07 Å². The Morgan fingerprint density at radius 2 is 2.11 bits per heavy atom. The first-order chi connectivity index (χ1) is 9.15. The molecule has 3 heteroatoms. The summed E-state index contributed by atoms with van der Waals surface area (Å²) in [7, 11) is 0. The van der Waals surface area contributed by atoms with Gasteiger partial charge in [-0.2, -0.15) is 0 Å². The van der Waals surface area contributed by atoms with E-state index in [4.69, 9.17) is 9.84 Å². The highest BCUT2D eigenvalue weighted by atomic mass is 16.5. The molecule has 0 fully saturated rings. The van der Waals surface area contributed by atoms with E-state index < -0.39 is 5.97 Å². The van der Waals surface area contributed by atoms with Crippen LogP contribution in [0.15, 0.2) is 36.4 Å². The highest BCUT2D eigenvalue weighted by molar-refractivity contribution is 5.90. The monoisotopic (exact) mass is 254 g/mol. The van der Waals surface area contributed by atoms with Crippen LogP contribution in [0.5, 0.6) is 5.75 Å². The van der Waals surface area contributed by atoms with E-state index in [1.165, 1.54) is 5.56 Å². The predicted molar refractivity (Wildman–Crippen MR) is 72.8 cm³/mol. The molecule has 3 nitrogen and oxygen atoms in total. The van der Waals surface area contributed by atoms with Crippen LogP contribution in [0.2, 0.25) is 0 Å². The third-order valence-electron chi connectivity index (χ3n) is 3.35.